The molecule has 9 nitrogen and oxygen atoms in total. The molecule has 6 rings (SSSR count). The standard InChI is InChI=1S/C35H35Cl2FN8O/c1-35(2,3)45-12-10-25(11-13-45)46-19-31(43-44-46)34(26-7-5-4-6-21(26)20-47)42-24-14-27-32(41-23-8-9-30(38)28(36)15-23)22(17-39)18-40-33(27)29(37)16-24/h4-9,14-16,18-19,25,34,42,47H,10-13,20H2,1-3H3,(H,40,41)/t34-/m0/s1. The molecule has 1 aliphatic heterocycles. The number of aliphatic hydroxyl groups excluding tert-OH is 1. The molecule has 12 heteroatoms. The molecule has 3 aromatic carbocycles. The van der Waals surface area contributed by atoms with Gasteiger partial charge in [0.05, 0.1) is 51.7 Å². The van der Waals surface area contributed by atoms with E-state index in [9.17, 15) is 14.8 Å². The van der Waals surface area contributed by atoms with Crippen LogP contribution in [0.3, 0.4) is 0 Å². The Morgan fingerprint density at radius 2 is 1.81 bits per heavy atom. The maximum absolute atomic E-state index is 13.9. The summed E-state index contributed by atoms with van der Waals surface area (Å²) >= 11 is 12.8. The van der Waals surface area contributed by atoms with E-state index in [0.717, 1.165) is 37.1 Å². The van der Waals surface area contributed by atoms with Crippen LogP contribution in [0.4, 0.5) is 21.5 Å². The van der Waals surface area contributed by atoms with Crippen molar-refractivity contribution < 1.29 is 9.50 Å². The lowest BCUT2D eigenvalue weighted by atomic mass is 9.97. The molecular weight excluding hydrogens is 638 g/mol. The number of benzene rings is 3. The molecule has 0 radical (unpaired) electrons. The van der Waals surface area contributed by atoms with Gasteiger partial charge in [0.25, 0.3) is 0 Å². The molecule has 1 saturated heterocycles. The normalized spacial score (nSPS) is 15.0. The van der Waals surface area contributed by atoms with Crippen LogP contribution in [0.2, 0.25) is 10.0 Å². The summed E-state index contributed by atoms with van der Waals surface area (Å²) in [5, 5.41) is 37.1. The summed E-state index contributed by atoms with van der Waals surface area (Å²) in [6.45, 7) is 8.52. The Balaban J connectivity index is 1.38. The van der Waals surface area contributed by atoms with Crippen molar-refractivity contribution in [1.29, 1.82) is 5.26 Å². The van der Waals surface area contributed by atoms with Crippen molar-refractivity contribution in [3.63, 3.8) is 0 Å². The van der Waals surface area contributed by atoms with Gasteiger partial charge in [0.2, 0.25) is 0 Å². The van der Waals surface area contributed by atoms with Crippen molar-refractivity contribution in [1.82, 2.24) is 24.9 Å². The lowest BCUT2D eigenvalue weighted by Gasteiger charge is -2.40. The Hall–Kier alpha value is -4.27. The fourth-order valence-electron chi connectivity index (χ4n) is 6.12. The number of aromatic nitrogens is 4. The van der Waals surface area contributed by atoms with Crippen LogP contribution in [0.1, 0.15) is 68.1 Å². The van der Waals surface area contributed by atoms with Gasteiger partial charge in [-0.1, -0.05) is 52.7 Å². The number of likely N-dealkylation sites (tertiary alicyclic amines) is 1. The van der Waals surface area contributed by atoms with Gasteiger partial charge >= 0.3 is 0 Å². The summed E-state index contributed by atoms with van der Waals surface area (Å²) in [6.07, 6.45) is 5.36. The number of nitrogens with one attached hydrogen (secondary N) is 2. The molecule has 3 N–H and O–H groups in total. The monoisotopic (exact) mass is 672 g/mol. The first kappa shape index (κ1) is 32.7. The maximum Gasteiger partial charge on any atom is 0.141 e. The van der Waals surface area contributed by atoms with Gasteiger partial charge in [-0.3, -0.25) is 9.88 Å². The zero-order valence-electron chi connectivity index (χ0n) is 26.3. The quantitative estimate of drug-likeness (QED) is 0.152. The highest BCUT2D eigenvalue weighted by Crippen LogP contribution is 2.38. The van der Waals surface area contributed by atoms with Crippen molar-refractivity contribution in [2.45, 2.75) is 57.8 Å². The Morgan fingerprint density at radius 1 is 1.06 bits per heavy atom. The SMILES string of the molecule is CC(C)(C)N1CCC(n2cc([C@@H](Nc3cc(Cl)c4ncc(C#N)c(Nc5ccc(F)c(Cl)c5)c4c3)c3ccccc3CO)nn2)CC1. The molecule has 47 heavy (non-hydrogen) atoms. The van der Waals surface area contributed by atoms with Crippen molar-refractivity contribution >= 4 is 51.2 Å². The molecule has 3 heterocycles. The highest BCUT2D eigenvalue weighted by Gasteiger charge is 2.29. The van der Waals surface area contributed by atoms with Gasteiger partial charge in [-0.2, -0.15) is 5.26 Å². The summed E-state index contributed by atoms with van der Waals surface area (Å²) in [5.41, 5.74) is 4.71. The van der Waals surface area contributed by atoms with Gasteiger partial charge in [0.15, 0.2) is 0 Å². The van der Waals surface area contributed by atoms with Crippen molar-refractivity contribution in [3.8, 4) is 6.07 Å². The number of hydrogen-bond acceptors (Lipinski definition) is 8. The molecule has 0 aliphatic carbocycles. The molecule has 0 saturated carbocycles. The van der Waals surface area contributed by atoms with Crippen LogP contribution < -0.4 is 10.6 Å². The second kappa shape index (κ2) is 13.5. The fourth-order valence-corrected chi connectivity index (χ4v) is 6.57. The summed E-state index contributed by atoms with van der Waals surface area (Å²) in [4.78, 5) is 6.95. The van der Waals surface area contributed by atoms with Gasteiger partial charge in [0.1, 0.15) is 17.6 Å². The first-order chi connectivity index (χ1) is 22.5. The van der Waals surface area contributed by atoms with E-state index in [1.165, 1.54) is 24.4 Å². The second-order valence-electron chi connectivity index (χ2n) is 12.7. The number of nitrogens with zero attached hydrogens (tertiary/aromatic N) is 6. The molecule has 1 fully saturated rings. The zero-order chi connectivity index (χ0) is 33.3. The van der Waals surface area contributed by atoms with E-state index in [4.69, 9.17) is 23.2 Å². The van der Waals surface area contributed by atoms with E-state index < -0.39 is 11.9 Å². The number of hydrogen-bond donors (Lipinski definition) is 3. The van der Waals surface area contributed by atoms with Crippen LogP contribution in [-0.2, 0) is 6.61 Å². The topological polar surface area (TPSA) is 115 Å². The van der Waals surface area contributed by atoms with E-state index in [1.54, 1.807) is 6.07 Å². The average Bonchev–Trinajstić information content (AvgIpc) is 3.55. The van der Waals surface area contributed by atoms with Crippen molar-refractivity contribution in [2.75, 3.05) is 23.7 Å². The van der Waals surface area contributed by atoms with Gasteiger partial charge in [0, 0.05) is 41.6 Å². The van der Waals surface area contributed by atoms with Gasteiger partial charge in [-0.15, -0.1) is 5.10 Å². The largest absolute Gasteiger partial charge is 0.392 e. The van der Waals surface area contributed by atoms with E-state index in [0.29, 0.717) is 38.7 Å². The van der Waals surface area contributed by atoms with Crippen molar-refractivity contribution in [2.24, 2.45) is 0 Å². The number of fused-ring (bicyclic) bond motifs is 1. The molecule has 1 atom stereocenters. The number of halogens is 3. The maximum atomic E-state index is 13.9. The number of piperidine rings is 1. The van der Waals surface area contributed by atoms with Crippen LogP contribution >= 0.6 is 23.2 Å². The number of anilines is 3. The third-order valence-electron chi connectivity index (χ3n) is 8.69. The Labute approximate surface area is 282 Å². The summed E-state index contributed by atoms with van der Waals surface area (Å²) < 4.78 is 15.8. The minimum atomic E-state index is -0.548. The highest BCUT2D eigenvalue weighted by molar-refractivity contribution is 6.36. The Morgan fingerprint density at radius 3 is 2.51 bits per heavy atom. The predicted molar refractivity (Wildman–Crippen MR) is 184 cm³/mol. The molecule has 0 bridgehead atoms. The minimum Gasteiger partial charge on any atom is -0.392 e. The molecular formula is C35H35Cl2FN8O. The molecule has 0 spiro atoms. The molecule has 2 aromatic heterocycles. The lowest BCUT2D eigenvalue weighted by molar-refractivity contribution is 0.0866. The molecule has 1 aliphatic rings. The smallest absolute Gasteiger partial charge is 0.141 e. The van der Waals surface area contributed by atoms with E-state index >= 15 is 0 Å². The minimum absolute atomic E-state index is 0.0505. The summed E-state index contributed by atoms with van der Waals surface area (Å²) in [6, 6.07) is 17.4. The van der Waals surface area contributed by atoms with Crippen LogP contribution in [-0.4, -0.2) is 48.6 Å². The van der Waals surface area contributed by atoms with Gasteiger partial charge in [-0.25, -0.2) is 9.07 Å². The van der Waals surface area contributed by atoms with E-state index in [1.807, 2.05) is 41.2 Å². The predicted octanol–water partition coefficient (Wildman–Crippen LogP) is 8.02. The molecule has 0 amide bonds. The third kappa shape index (κ3) is 6.90. The fraction of sp³-hybridized carbons (Fsp3) is 0.314. The van der Waals surface area contributed by atoms with E-state index in [-0.39, 0.29) is 28.8 Å². The van der Waals surface area contributed by atoms with Crippen LogP contribution in [0.5, 0.6) is 0 Å². The second-order valence-corrected chi connectivity index (χ2v) is 13.5. The highest BCUT2D eigenvalue weighted by atomic mass is 35.5. The van der Waals surface area contributed by atoms with Crippen LogP contribution in [0, 0.1) is 17.1 Å². The Bertz CT molecular complexity index is 1960. The zero-order valence-corrected chi connectivity index (χ0v) is 27.8. The Kier molecular flexibility index (Phi) is 9.35. The number of rotatable bonds is 8. The lowest BCUT2D eigenvalue weighted by Crippen LogP contribution is -2.46. The van der Waals surface area contributed by atoms with Crippen LogP contribution in [0.15, 0.2) is 67.0 Å². The average molecular weight is 674 g/mol. The van der Waals surface area contributed by atoms with Gasteiger partial charge in [-0.05, 0) is 75.1 Å². The van der Waals surface area contributed by atoms with Crippen LogP contribution in [0.25, 0.3) is 10.9 Å². The third-order valence-corrected chi connectivity index (χ3v) is 9.27. The van der Waals surface area contributed by atoms with E-state index in [2.05, 4.69) is 57.7 Å². The summed E-state index contributed by atoms with van der Waals surface area (Å²) in [7, 11) is 0. The molecule has 242 valence electrons. The first-order valence-electron chi connectivity index (χ1n) is 15.4. The van der Waals surface area contributed by atoms with Crippen molar-refractivity contribution in [3.05, 3.63) is 105 Å². The molecule has 5 aromatic rings. The summed E-state index contributed by atoms with van der Waals surface area (Å²) in [5.74, 6) is -0.548. The first-order valence-corrected chi connectivity index (χ1v) is 16.2. The van der Waals surface area contributed by atoms with Gasteiger partial charge < -0.3 is 15.7 Å². The number of pyridine rings is 1. The molecule has 0 unspecified atom stereocenters. The number of nitriles is 1. The number of aliphatic hydroxyl groups is 1.